The maximum atomic E-state index is 14.3. The van der Waals surface area contributed by atoms with Crippen molar-refractivity contribution in [2.75, 3.05) is 26.9 Å². The summed E-state index contributed by atoms with van der Waals surface area (Å²) in [6.45, 7) is 5.13. The monoisotopic (exact) mass is 755 g/mol. The van der Waals surface area contributed by atoms with Crippen molar-refractivity contribution < 1.29 is 38.2 Å². The fraction of sp³-hybridized carbons (Fsp3) is 0.257. The molecule has 1 aliphatic rings. The van der Waals surface area contributed by atoms with Gasteiger partial charge < -0.3 is 23.7 Å². The number of carbonyl (C=O) groups is 2. The van der Waals surface area contributed by atoms with Crippen molar-refractivity contribution in [2.45, 2.75) is 33.4 Å². The van der Waals surface area contributed by atoms with Crippen LogP contribution >= 0.6 is 34.5 Å². The molecule has 51 heavy (non-hydrogen) atoms. The molecule has 3 aromatic carbocycles. The lowest BCUT2D eigenvalue weighted by atomic mass is 9.95. The first-order valence-electron chi connectivity index (χ1n) is 15.5. The van der Waals surface area contributed by atoms with Gasteiger partial charge in [0.15, 0.2) is 22.9 Å². The molecule has 0 bridgehead atoms. The number of hydrogen-bond donors (Lipinski definition) is 0. The minimum atomic E-state index is -0.975. The van der Waals surface area contributed by atoms with Crippen LogP contribution in [0.5, 0.6) is 17.2 Å². The molecule has 13 nitrogen and oxygen atoms in total. The van der Waals surface area contributed by atoms with Crippen molar-refractivity contribution in [1.29, 1.82) is 0 Å². The third-order valence-corrected chi connectivity index (χ3v) is 9.01. The number of thiazole rings is 1. The van der Waals surface area contributed by atoms with Crippen LogP contribution in [0, 0.1) is 10.1 Å². The van der Waals surface area contributed by atoms with E-state index >= 15 is 0 Å². The highest BCUT2D eigenvalue weighted by Crippen LogP contribution is 2.37. The summed E-state index contributed by atoms with van der Waals surface area (Å²) in [5.41, 5.74) is 1.50. The van der Waals surface area contributed by atoms with Crippen LogP contribution in [-0.2, 0) is 25.7 Å². The summed E-state index contributed by atoms with van der Waals surface area (Å²) in [4.78, 5) is 55.0. The number of aromatic nitrogens is 1. The number of fused-ring (bicyclic) bond motifs is 1. The highest BCUT2D eigenvalue weighted by molar-refractivity contribution is 7.07. The van der Waals surface area contributed by atoms with E-state index in [-0.39, 0.29) is 69.5 Å². The van der Waals surface area contributed by atoms with Gasteiger partial charge in [-0.05, 0) is 74.4 Å². The number of methoxy groups -OCH3 is 1. The molecule has 0 fully saturated rings. The number of halogens is 2. The second-order valence-corrected chi connectivity index (χ2v) is 12.7. The Hall–Kier alpha value is -5.18. The Morgan fingerprint density at radius 2 is 1.76 bits per heavy atom. The molecule has 0 spiro atoms. The quantitative estimate of drug-likeness (QED) is 0.0964. The Balaban J connectivity index is 1.62. The number of carbonyl (C=O) groups excluding carboxylic acids is 2. The van der Waals surface area contributed by atoms with Gasteiger partial charge in [-0.25, -0.2) is 14.6 Å². The summed E-state index contributed by atoms with van der Waals surface area (Å²) in [7, 11) is 1.25. The zero-order valence-corrected chi connectivity index (χ0v) is 30.1. The SMILES string of the molecule is CCOC(=O)C1=C(C)N=c2s/c(=C/c3cc(Cl)cc(Cl)c3OCc3ccc([N+](=O)[O-])cc3)c(=O)n2[C@@H]1c1ccc(OCC(=O)OC)c(OCC)c1. The number of non-ortho nitro benzene ring substituents is 1. The molecular weight excluding hydrogens is 725 g/mol. The molecule has 4 aromatic rings. The average molecular weight is 757 g/mol. The third kappa shape index (κ3) is 8.25. The average Bonchev–Trinajstić information content (AvgIpc) is 3.40. The number of esters is 2. The lowest BCUT2D eigenvalue weighted by Gasteiger charge is -2.25. The largest absolute Gasteiger partial charge is 0.490 e. The minimum Gasteiger partial charge on any atom is -0.490 e. The summed E-state index contributed by atoms with van der Waals surface area (Å²) in [5.74, 6) is -0.462. The van der Waals surface area contributed by atoms with Crippen molar-refractivity contribution in [3.05, 3.63) is 122 Å². The van der Waals surface area contributed by atoms with Gasteiger partial charge in [-0.2, -0.15) is 0 Å². The van der Waals surface area contributed by atoms with Crippen LogP contribution in [0.25, 0.3) is 6.08 Å². The Morgan fingerprint density at radius 1 is 1.02 bits per heavy atom. The first kappa shape index (κ1) is 37.1. The maximum Gasteiger partial charge on any atom is 0.343 e. The number of allylic oxidation sites excluding steroid dienone is 1. The number of nitrogens with zero attached hydrogens (tertiary/aromatic N) is 3. The predicted octanol–water partition coefficient (Wildman–Crippen LogP) is 5.54. The molecule has 0 saturated heterocycles. The molecule has 266 valence electrons. The molecule has 1 aromatic heterocycles. The highest BCUT2D eigenvalue weighted by Gasteiger charge is 2.34. The Bertz CT molecular complexity index is 2210. The minimum absolute atomic E-state index is 0.0189. The predicted molar refractivity (Wildman–Crippen MR) is 189 cm³/mol. The molecule has 0 N–H and O–H groups in total. The highest BCUT2D eigenvalue weighted by atomic mass is 35.5. The Kier molecular flexibility index (Phi) is 11.8. The fourth-order valence-corrected chi connectivity index (χ4v) is 6.84. The molecule has 0 amide bonds. The van der Waals surface area contributed by atoms with E-state index in [0.29, 0.717) is 27.2 Å². The molecule has 0 radical (unpaired) electrons. The molecule has 5 rings (SSSR count). The van der Waals surface area contributed by atoms with Crippen LogP contribution in [-0.4, -0.2) is 48.4 Å². The van der Waals surface area contributed by atoms with Crippen molar-refractivity contribution in [1.82, 2.24) is 4.57 Å². The van der Waals surface area contributed by atoms with Gasteiger partial charge in [0.05, 0.1) is 52.1 Å². The third-order valence-electron chi connectivity index (χ3n) is 7.53. The molecular formula is C35H31Cl2N3O10S. The van der Waals surface area contributed by atoms with E-state index in [2.05, 4.69) is 9.73 Å². The van der Waals surface area contributed by atoms with Crippen molar-refractivity contribution in [2.24, 2.45) is 4.99 Å². The van der Waals surface area contributed by atoms with E-state index in [1.54, 1.807) is 63.2 Å². The lowest BCUT2D eigenvalue weighted by molar-refractivity contribution is -0.384. The van der Waals surface area contributed by atoms with Crippen molar-refractivity contribution in [3.63, 3.8) is 0 Å². The summed E-state index contributed by atoms with van der Waals surface area (Å²) in [6, 6.07) is 12.9. The zero-order chi connectivity index (χ0) is 36.8. The van der Waals surface area contributed by atoms with Gasteiger partial charge >= 0.3 is 11.9 Å². The molecule has 1 atom stereocenters. The van der Waals surface area contributed by atoms with E-state index < -0.39 is 28.5 Å². The van der Waals surface area contributed by atoms with Gasteiger partial charge in [0.25, 0.3) is 11.2 Å². The summed E-state index contributed by atoms with van der Waals surface area (Å²) in [5, 5.41) is 11.5. The van der Waals surface area contributed by atoms with Crippen LogP contribution in [0.15, 0.2) is 75.7 Å². The van der Waals surface area contributed by atoms with E-state index in [1.165, 1.54) is 29.9 Å². The molecule has 0 unspecified atom stereocenters. The molecule has 1 aliphatic heterocycles. The van der Waals surface area contributed by atoms with E-state index in [9.17, 15) is 24.5 Å². The molecule has 2 heterocycles. The number of benzene rings is 3. The van der Waals surface area contributed by atoms with Gasteiger partial charge in [0.1, 0.15) is 12.4 Å². The van der Waals surface area contributed by atoms with Crippen LogP contribution in [0.2, 0.25) is 10.0 Å². The second-order valence-electron chi connectivity index (χ2n) is 10.8. The summed E-state index contributed by atoms with van der Waals surface area (Å²) >= 11 is 14.0. The van der Waals surface area contributed by atoms with Crippen LogP contribution in [0.4, 0.5) is 5.69 Å². The van der Waals surface area contributed by atoms with Crippen LogP contribution in [0.1, 0.15) is 43.5 Å². The van der Waals surface area contributed by atoms with Gasteiger partial charge in [-0.15, -0.1) is 0 Å². The van der Waals surface area contributed by atoms with Crippen LogP contribution < -0.4 is 29.1 Å². The zero-order valence-electron chi connectivity index (χ0n) is 27.8. The van der Waals surface area contributed by atoms with E-state index in [0.717, 1.165) is 11.3 Å². The van der Waals surface area contributed by atoms with Gasteiger partial charge in [0, 0.05) is 22.7 Å². The molecule has 16 heteroatoms. The maximum absolute atomic E-state index is 14.3. The standard InChI is InChI=1S/C35H31Cl2N3O10S/c1-5-47-27-14-21(9-12-26(27)49-18-29(41)46-4)31-30(34(43)48-6-2)19(3)38-35-39(31)33(42)28(51-35)15-22-13-23(36)16-25(37)32(22)50-17-20-7-10-24(11-8-20)40(44)45/h7-16,31H,5-6,17-18H2,1-4H3/b28-15+/t31-/m1/s1. The fourth-order valence-electron chi connectivity index (χ4n) is 5.24. The number of ether oxygens (including phenoxy) is 5. The second kappa shape index (κ2) is 16.2. The number of nitro groups is 1. The number of nitro benzene ring substituents is 1. The van der Waals surface area contributed by atoms with Gasteiger partial charge in [0.2, 0.25) is 0 Å². The van der Waals surface area contributed by atoms with E-state index in [4.69, 9.17) is 42.1 Å². The number of rotatable bonds is 13. The van der Waals surface area contributed by atoms with Crippen LogP contribution in [0.3, 0.4) is 0 Å². The lowest BCUT2D eigenvalue weighted by Crippen LogP contribution is -2.40. The number of hydrogen-bond acceptors (Lipinski definition) is 12. The Morgan fingerprint density at radius 3 is 2.43 bits per heavy atom. The topological polar surface area (TPSA) is 158 Å². The van der Waals surface area contributed by atoms with Crippen molar-refractivity contribution >= 4 is 58.2 Å². The van der Waals surface area contributed by atoms with E-state index in [1.807, 2.05) is 0 Å². The first-order chi connectivity index (χ1) is 24.4. The first-order valence-corrected chi connectivity index (χ1v) is 17.0. The summed E-state index contributed by atoms with van der Waals surface area (Å²) < 4.78 is 29.2. The molecule has 0 saturated carbocycles. The van der Waals surface area contributed by atoms with Crippen molar-refractivity contribution in [3.8, 4) is 17.2 Å². The van der Waals surface area contributed by atoms with Gasteiger partial charge in [-0.1, -0.05) is 40.6 Å². The molecule has 0 aliphatic carbocycles. The smallest absolute Gasteiger partial charge is 0.343 e. The van der Waals surface area contributed by atoms with Gasteiger partial charge in [-0.3, -0.25) is 19.5 Å². The normalized spacial score (nSPS) is 14.0. The Labute approximate surface area is 305 Å². The summed E-state index contributed by atoms with van der Waals surface area (Å²) in [6.07, 6.45) is 1.57.